The van der Waals surface area contributed by atoms with Crippen LogP contribution in [0.3, 0.4) is 0 Å². The average Bonchev–Trinajstić information content (AvgIpc) is 3.73. The summed E-state index contributed by atoms with van der Waals surface area (Å²) < 4.78 is 78.0. The highest BCUT2D eigenvalue weighted by molar-refractivity contribution is 8.44. The van der Waals surface area contributed by atoms with E-state index in [1.165, 1.54) is 28.1 Å². The fraction of sp³-hybridized carbons (Fsp3) is 0.500. The molecule has 4 aromatic heterocycles. The minimum Gasteiger partial charge on any atom is -0.387 e. The van der Waals surface area contributed by atoms with Gasteiger partial charge >= 0.3 is 14.6 Å². The van der Waals surface area contributed by atoms with Gasteiger partial charge in [0, 0.05) is 0 Å². The van der Waals surface area contributed by atoms with Crippen LogP contribution in [0.15, 0.2) is 25.3 Å². The third kappa shape index (κ3) is 5.14. The van der Waals surface area contributed by atoms with Gasteiger partial charge in [-0.2, -0.15) is 0 Å². The second kappa shape index (κ2) is 10.9. The first kappa shape index (κ1) is 29.8. The number of imidazole rings is 2. The first-order valence-corrected chi connectivity index (χ1v) is 16.9. The van der Waals surface area contributed by atoms with Crippen molar-refractivity contribution in [3.05, 3.63) is 25.3 Å². The van der Waals surface area contributed by atoms with Gasteiger partial charge in [0.05, 0.1) is 25.9 Å². The summed E-state index contributed by atoms with van der Waals surface area (Å²) in [6, 6.07) is 0. The van der Waals surface area contributed by atoms with Crippen LogP contribution in [0.1, 0.15) is 12.5 Å². The van der Waals surface area contributed by atoms with Crippen molar-refractivity contribution in [3.63, 3.8) is 0 Å². The van der Waals surface area contributed by atoms with E-state index < -0.39 is 77.0 Å². The van der Waals surface area contributed by atoms with Crippen LogP contribution in [0.5, 0.6) is 0 Å². The van der Waals surface area contributed by atoms with Crippen LogP contribution in [-0.2, 0) is 36.7 Å². The zero-order chi connectivity index (χ0) is 31.0. The Morgan fingerprint density at radius 1 is 0.841 bits per heavy atom. The van der Waals surface area contributed by atoms with Gasteiger partial charge in [-0.15, -0.1) is 0 Å². The molecule has 0 radical (unpaired) electrons. The predicted molar refractivity (Wildman–Crippen MR) is 146 cm³/mol. The first-order chi connectivity index (χ1) is 20.9. The number of fused-ring (bicyclic) bond motifs is 5. The molecule has 24 heteroatoms. The minimum absolute atomic E-state index is 0.0302. The summed E-state index contributed by atoms with van der Waals surface area (Å²) in [6.07, 6.45) is -7.80. The number of ether oxygens (including phenoxy) is 2. The highest BCUT2D eigenvalue weighted by Crippen LogP contribution is 2.58. The van der Waals surface area contributed by atoms with E-state index in [1.54, 1.807) is 0 Å². The number of phosphoric acid groups is 1. The molecule has 10 atom stereocenters. The van der Waals surface area contributed by atoms with E-state index in [4.69, 9.17) is 39.0 Å². The average molecular weight is 676 g/mol. The maximum Gasteiger partial charge on any atom is 0.472 e. The topological polar surface area (TPSA) is 269 Å². The smallest absolute Gasteiger partial charge is 0.387 e. The van der Waals surface area contributed by atoms with Gasteiger partial charge in [-0.3, -0.25) is 27.2 Å². The summed E-state index contributed by atoms with van der Waals surface area (Å²) in [6.45, 7) is -5.84. The number of anilines is 2. The molecule has 7 rings (SSSR count). The van der Waals surface area contributed by atoms with Crippen LogP contribution < -0.4 is 11.5 Å². The number of phosphoric ester groups is 1. The van der Waals surface area contributed by atoms with E-state index in [-0.39, 0.29) is 34.0 Å². The van der Waals surface area contributed by atoms with Gasteiger partial charge in [-0.25, -0.2) is 43.4 Å². The lowest BCUT2D eigenvalue weighted by molar-refractivity contribution is -0.0619. The van der Waals surface area contributed by atoms with Gasteiger partial charge in [-0.05, 0) is 0 Å². The predicted octanol–water partition coefficient (Wildman–Crippen LogP) is 0.280. The number of alkyl halides is 1. The number of nitrogen functional groups attached to an aromatic ring is 2. The molecule has 3 aliphatic rings. The van der Waals surface area contributed by atoms with Gasteiger partial charge in [0.1, 0.15) is 54.2 Å². The number of rotatable bonds is 2. The van der Waals surface area contributed by atoms with Crippen LogP contribution in [0.2, 0.25) is 0 Å². The van der Waals surface area contributed by atoms with Crippen molar-refractivity contribution in [2.75, 3.05) is 24.7 Å². The van der Waals surface area contributed by atoms with E-state index in [2.05, 4.69) is 42.2 Å². The molecule has 0 spiro atoms. The van der Waals surface area contributed by atoms with Crippen molar-refractivity contribution in [2.45, 2.75) is 49.1 Å². The Morgan fingerprint density at radius 2 is 1.41 bits per heavy atom. The van der Waals surface area contributed by atoms with Crippen LogP contribution in [0.4, 0.5) is 16.0 Å². The molecule has 2 bridgehead atoms. The highest BCUT2D eigenvalue weighted by atomic mass is 32.7. The Morgan fingerprint density at radius 3 is 2.05 bits per heavy atom. The zero-order valence-electron chi connectivity index (χ0n) is 22.0. The fourth-order valence-corrected chi connectivity index (χ4v) is 7.60. The van der Waals surface area contributed by atoms with Gasteiger partial charge in [0.15, 0.2) is 41.6 Å². The number of nitrogens with zero attached hydrogens (tertiary/aromatic N) is 8. The molecular formula is C20H23FN10O10P2S. The summed E-state index contributed by atoms with van der Waals surface area (Å²) in [5.74, 6) is 0.0891. The lowest BCUT2D eigenvalue weighted by Gasteiger charge is -2.26. The Hall–Kier alpha value is -2.88. The summed E-state index contributed by atoms with van der Waals surface area (Å²) in [7, 11) is -5.06. The molecular weight excluding hydrogens is 653 g/mol. The van der Waals surface area contributed by atoms with Crippen LogP contribution in [0, 0.1) is 0 Å². The fourth-order valence-electron chi connectivity index (χ4n) is 5.19. The summed E-state index contributed by atoms with van der Waals surface area (Å²) >= 11 is 4.04. The Labute approximate surface area is 250 Å². The summed E-state index contributed by atoms with van der Waals surface area (Å²) in [4.78, 5) is 34.7. The quantitative estimate of drug-likeness (QED) is 0.141. The van der Waals surface area contributed by atoms with Gasteiger partial charge in [0.25, 0.3) is 0 Å². The molecule has 6 N–H and O–H groups in total. The number of hydrogen-bond donors (Lipinski definition) is 5. The van der Waals surface area contributed by atoms with Gasteiger partial charge < -0.3 is 30.9 Å². The Kier molecular flexibility index (Phi) is 7.37. The number of aliphatic hydroxyl groups excluding tert-OH is 1. The lowest BCUT2D eigenvalue weighted by Crippen LogP contribution is -2.35. The lowest BCUT2D eigenvalue weighted by atomic mass is 10.1. The molecule has 3 unspecified atom stereocenters. The second-order valence-electron chi connectivity index (χ2n) is 9.90. The molecule has 236 valence electrons. The number of aliphatic hydroxyl groups is 1. The number of thiol groups is 1. The van der Waals surface area contributed by atoms with Crippen molar-refractivity contribution < 1.29 is 51.1 Å². The molecule has 7 heterocycles. The SMILES string of the molecule is Nc1ncnc2c1ncn2[C@@H]1O[C@@H]2CO[P@@](=O)(S)O[C@H]3C(O)[C@@H](COP(=O)(O)OC2[C@@H]1F)O[C@H]3n1cnc2c(N)ncnc21. The molecule has 4 aromatic rings. The maximum atomic E-state index is 15.9. The number of halogens is 1. The van der Waals surface area contributed by atoms with Crippen molar-refractivity contribution >= 4 is 60.8 Å². The largest absolute Gasteiger partial charge is 0.472 e. The molecule has 3 aliphatic heterocycles. The molecule has 3 fully saturated rings. The van der Waals surface area contributed by atoms with E-state index in [9.17, 15) is 19.1 Å². The maximum absolute atomic E-state index is 15.9. The van der Waals surface area contributed by atoms with E-state index in [1.807, 2.05) is 0 Å². The molecule has 0 aliphatic carbocycles. The van der Waals surface area contributed by atoms with Crippen LogP contribution >= 0.6 is 26.9 Å². The van der Waals surface area contributed by atoms with Gasteiger partial charge in [-0.1, -0.05) is 12.2 Å². The molecule has 3 saturated heterocycles. The summed E-state index contributed by atoms with van der Waals surface area (Å²) in [5.41, 5.74) is 12.4. The monoisotopic (exact) mass is 676 g/mol. The molecule has 20 nitrogen and oxygen atoms in total. The van der Waals surface area contributed by atoms with Crippen LogP contribution in [0.25, 0.3) is 22.3 Å². The number of hydrogen-bond acceptors (Lipinski definition) is 17. The van der Waals surface area contributed by atoms with Gasteiger partial charge in [0.2, 0.25) is 0 Å². The van der Waals surface area contributed by atoms with E-state index in [0.717, 1.165) is 6.33 Å². The molecule has 0 amide bonds. The summed E-state index contributed by atoms with van der Waals surface area (Å²) in [5, 5.41) is 11.1. The number of aromatic nitrogens is 8. The highest BCUT2D eigenvalue weighted by Gasteiger charge is 2.54. The molecule has 0 aromatic carbocycles. The van der Waals surface area contributed by atoms with Crippen molar-refractivity contribution in [1.82, 2.24) is 39.0 Å². The normalized spacial score (nSPS) is 38.3. The zero-order valence-corrected chi connectivity index (χ0v) is 24.6. The van der Waals surface area contributed by atoms with Crippen molar-refractivity contribution in [1.29, 1.82) is 0 Å². The van der Waals surface area contributed by atoms with Crippen molar-refractivity contribution in [2.24, 2.45) is 0 Å². The first-order valence-electron chi connectivity index (χ1n) is 12.7. The standard InChI is InChI=1S/C20H23FN10O10P2S/c21-9-13-8(39-19(9)30-5-28-10-15(22)24-3-26-17(10)30)2-37-43(35,44)41-14-12(32)7(1-36-42(33,34)40-13)38-20(14)31-6-29-11-16(23)25-4-27-18(11)31/h3-9,12-14,19-20,32H,1-2H2,(H,33,34)(H,35,44)(H2,22,24,26)(H2,23,25,27)/t7-,8-,9+,12?,13?,14+,19-,20-,43-/m1/s1. The van der Waals surface area contributed by atoms with E-state index >= 15 is 4.39 Å². The van der Waals surface area contributed by atoms with Crippen LogP contribution in [-0.4, -0.2) is 98.9 Å². The molecule has 44 heavy (non-hydrogen) atoms. The third-order valence-corrected chi connectivity index (χ3v) is 9.82. The van der Waals surface area contributed by atoms with Crippen molar-refractivity contribution in [3.8, 4) is 0 Å². The molecule has 0 saturated carbocycles. The van der Waals surface area contributed by atoms with E-state index in [0.29, 0.717) is 0 Å². The Balaban J connectivity index is 1.20. The third-order valence-electron chi connectivity index (χ3n) is 7.22. The minimum atomic E-state index is -5.06. The Bertz CT molecular complexity index is 1830. The second-order valence-corrected chi connectivity index (χ2v) is 14.2. The number of nitrogens with two attached hydrogens (primary N) is 2.